The highest BCUT2D eigenvalue weighted by molar-refractivity contribution is 7.19. The molecule has 1 atom stereocenters. The molecule has 0 spiro atoms. The van der Waals surface area contributed by atoms with Crippen LogP contribution >= 0.6 is 11.3 Å². The quantitative estimate of drug-likeness (QED) is 0.817. The lowest BCUT2D eigenvalue weighted by Crippen LogP contribution is -2.25. The Morgan fingerprint density at radius 3 is 3.00 bits per heavy atom. The maximum atomic E-state index is 12.3. The Labute approximate surface area is 149 Å². The highest BCUT2D eigenvalue weighted by atomic mass is 32.1. The van der Waals surface area contributed by atoms with Gasteiger partial charge in [0.1, 0.15) is 0 Å². The molecule has 1 fully saturated rings. The third-order valence-corrected chi connectivity index (χ3v) is 5.03. The van der Waals surface area contributed by atoms with Crippen molar-refractivity contribution in [2.75, 3.05) is 25.5 Å². The Balaban J connectivity index is 1.70. The maximum Gasteiger partial charge on any atom is 0.251 e. The van der Waals surface area contributed by atoms with Gasteiger partial charge in [0.05, 0.1) is 10.8 Å². The molecule has 128 valence electrons. The van der Waals surface area contributed by atoms with Gasteiger partial charge in [0.2, 0.25) is 5.91 Å². The molecule has 1 aliphatic heterocycles. The van der Waals surface area contributed by atoms with Crippen LogP contribution in [0, 0.1) is 17.4 Å². The van der Waals surface area contributed by atoms with E-state index in [1.54, 1.807) is 30.3 Å². The van der Waals surface area contributed by atoms with Crippen molar-refractivity contribution in [3.05, 3.63) is 36.0 Å². The van der Waals surface area contributed by atoms with E-state index in [1.165, 1.54) is 11.3 Å². The van der Waals surface area contributed by atoms with Gasteiger partial charge >= 0.3 is 0 Å². The summed E-state index contributed by atoms with van der Waals surface area (Å²) in [5, 5.41) is 14.8. The van der Waals surface area contributed by atoms with E-state index < -0.39 is 0 Å². The highest BCUT2D eigenvalue weighted by Crippen LogP contribution is 2.30. The molecule has 2 aromatic rings. The molecule has 2 N–H and O–H groups in total. The van der Waals surface area contributed by atoms with Gasteiger partial charge in [-0.1, -0.05) is 23.5 Å². The third kappa shape index (κ3) is 3.78. The Morgan fingerprint density at radius 1 is 1.44 bits per heavy atom. The number of carbonyl (C=O) groups excluding carboxylic acids is 2. The lowest BCUT2D eigenvalue weighted by Gasteiger charge is -2.08. The number of hydrogen-bond acceptors (Lipinski definition) is 6. The number of thiazole rings is 1. The number of amides is 2. The van der Waals surface area contributed by atoms with E-state index in [9.17, 15) is 9.59 Å². The van der Waals surface area contributed by atoms with Crippen LogP contribution in [-0.2, 0) is 4.79 Å². The zero-order valence-corrected chi connectivity index (χ0v) is 14.5. The summed E-state index contributed by atoms with van der Waals surface area (Å²) in [6.45, 7) is 1.07. The summed E-state index contributed by atoms with van der Waals surface area (Å²) >= 11 is 1.35. The molecule has 8 heteroatoms. The van der Waals surface area contributed by atoms with E-state index in [-0.39, 0.29) is 17.7 Å². The predicted octanol–water partition coefficient (Wildman–Crippen LogP) is 1.91. The predicted molar refractivity (Wildman–Crippen MR) is 94.9 cm³/mol. The second-order valence-electron chi connectivity index (χ2n) is 5.71. The minimum Gasteiger partial charge on any atom is -0.355 e. The first-order valence-corrected chi connectivity index (χ1v) is 8.66. The van der Waals surface area contributed by atoms with Gasteiger partial charge in [0.15, 0.2) is 11.3 Å². The number of benzene rings is 1. The van der Waals surface area contributed by atoms with Crippen LogP contribution in [0.1, 0.15) is 16.8 Å². The molecule has 0 saturated carbocycles. The summed E-state index contributed by atoms with van der Waals surface area (Å²) in [7, 11) is 1.59. The number of nitrogens with one attached hydrogen (secondary N) is 2. The number of anilines is 1. The summed E-state index contributed by atoms with van der Waals surface area (Å²) in [6, 6.07) is 7.24. The summed E-state index contributed by atoms with van der Waals surface area (Å²) < 4.78 is 0. The number of likely N-dealkylation sites (tertiary alicyclic amines) is 1. The Kier molecular flexibility index (Phi) is 4.95. The average Bonchev–Trinajstić information content (AvgIpc) is 3.30. The van der Waals surface area contributed by atoms with Gasteiger partial charge < -0.3 is 15.5 Å². The van der Waals surface area contributed by atoms with Crippen molar-refractivity contribution in [1.29, 1.82) is 5.26 Å². The first-order chi connectivity index (χ1) is 12.1. The van der Waals surface area contributed by atoms with E-state index in [4.69, 9.17) is 5.26 Å². The molecule has 7 nitrogen and oxygen atoms in total. The molecular weight excluding hydrogens is 338 g/mol. The van der Waals surface area contributed by atoms with Crippen molar-refractivity contribution in [1.82, 2.24) is 15.2 Å². The summed E-state index contributed by atoms with van der Waals surface area (Å²) in [6.07, 6.45) is 4.42. The monoisotopic (exact) mass is 355 g/mol. The molecule has 1 unspecified atom stereocenters. The van der Waals surface area contributed by atoms with Gasteiger partial charge in [0.25, 0.3) is 5.91 Å². The molecule has 1 aliphatic rings. The zero-order chi connectivity index (χ0) is 17.8. The number of aromatic nitrogens is 1. The first kappa shape index (κ1) is 16.9. The molecule has 2 heterocycles. The molecule has 3 rings (SSSR count). The third-order valence-electron chi connectivity index (χ3n) is 4.07. The van der Waals surface area contributed by atoms with E-state index >= 15 is 0 Å². The van der Waals surface area contributed by atoms with E-state index in [0.29, 0.717) is 30.2 Å². The van der Waals surface area contributed by atoms with Gasteiger partial charge in [-0.2, -0.15) is 5.26 Å². The lowest BCUT2D eigenvalue weighted by molar-refractivity contribution is -0.119. The fourth-order valence-corrected chi connectivity index (χ4v) is 3.51. The fourth-order valence-electron chi connectivity index (χ4n) is 2.70. The Morgan fingerprint density at radius 2 is 2.28 bits per heavy atom. The van der Waals surface area contributed by atoms with Crippen molar-refractivity contribution in [3.8, 4) is 16.6 Å². The summed E-state index contributed by atoms with van der Waals surface area (Å²) in [5.74, 6) is -0.454. The number of carbonyl (C=O) groups is 2. The first-order valence-electron chi connectivity index (χ1n) is 7.84. The zero-order valence-electron chi connectivity index (χ0n) is 13.7. The van der Waals surface area contributed by atoms with E-state index in [1.807, 2.05) is 12.1 Å². The van der Waals surface area contributed by atoms with Gasteiger partial charge in [0, 0.05) is 31.9 Å². The van der Waals surface area contributed by atoms with Gasteiger partial charge in [-0.25, -0.2) is 4.98 Å². The largest absolute Gasteiger partial charge is 0.355 e. The fraction of sp³-hybridized carbons (Fsp3) is 0.294. The van der Waals surface area contributed by atoms with Crippen LogP contribution in [0.15, 0.2) is 30.5 Å². The number of nitriles is 1. The Bertz CT molecular complexity index is 842. The normalized spacial score (nSPS) is 16.3. The Hall–Kier alpha value is -2.92. The van der Waals surface area contributed by atoms with Gasteiger partial charge in [-0.3, -0.25) is 9.59 Å². The molecule has 25 heavy (non-hydrogen) atoms. The SMILES string of the molecule is CNC(=O)c1cccc(-c2cnc(NC(=O)C3CCN(C#N)C3)s2)c1. The molecule has 0 bridgehead atoms. The van der Waals surface area contributed by atoms with Crippen LogP contribution in [0.25, 0.3) is 10.4 Å². The minimum absolute atomic E-state index is 0.113. The molecule has 1 aromatic carbocycles. The van der Waals surface area contributed by atoms with E-state index in [0.717, 1.165) is 10.4 Å². The summed E-state index contributed by atoms with van der Waals surface area (Å²) in [5.41, 5.74) is 1.44. The molecular formula is C17H17N5O2S. The average molecular weight is 355 g/mol. The van der Waals surface area contributed by atoms with Crippen LogP contribution in [0.2, 0.25) is 0 Å². The molecule has 0 aliphatic carbocycles. The van der Waals surface area contributed by atoms with Crippen LogP contribution in [-0.4, -0.2) is 41.8 Å². The van der Waals surface area contributed by atoms with Crippen molar-refractivity contribution in [2.45, 2.75) is 6.42 Å². The van der Waals surface area contributed by atoms with Gasteiger partial charge in [-0.15, -0.1) is 0 Å². The van der Waals surface area contributed by atoms with Crippen molar-refractivity contribution >= 4 is 28.3 Å². The van der Waals surface area contributed by atoms with Crippen LogP contribution < -0.4 is 10.6 Å². The lowest BCUT2D eigenvalue weighted by atomic mass is 10.1. The molecule has 1 aromatic heterocycles. The van der Waals surface area contributed by atoms with Crippen molar-refractivity contribution in [3.63, 3.8) is 0 Å². The summed E-state index contributed by atoms with van der Waals surface area (Å²) in [4.78, 5) is 30.7. The molecule has 0 radical (unpaired) electrons. The van der Waals surface area contributed by atoms with Crippen molar-refractivity contribution in [2.24, 2.45) is 5.92 Å². The second-order valence-corrected chi connectivity index (χ2v) is 6.74. The highest BCUT2D eigenvalue weighted by Gasteiger charge is 2.28. The molecule has 1 saturated heterocycles. The van der Waals surface area contributed by atoms with Crippen LogP contribution in [0.5, 0.6) is 0 Å². The number of rotatable bonds is 4. The van der Waals surface area contributed by atoms with Crippen molar-refractivity contribution < 1.29 is 9.59 Å². The van der Waals surface area contributed by atoms with Gasteiger partial charge in [-0.05, 0) is 24.1 Å². The number of nitrogens with zero attached hydrogens (tertiary/aromatic N) is 3. The standard InChI is InChI=1S/C17H17N5O2S/c1-19-15(23)12-4-2-3-11(7-12)14-8-20-17(25-14)21-16(24)13-5-6-22(9-13)10-18/h2-4,7-8,13H,5-6,9H2,1H3,(H,19,23)(H,20,21,24). The smallest absolute Gasteiger partial charge is 0.251 e. The van der Waals surface area contributed by atoms with Crippen LogP contribution in [0.3, 0.4) is 0 Å². The molecule has 2 amide bonds. The maximum absolute atomic E-state index is 12.3. The minimum atomic E-state index is -0.191. The van der Waals surface area contributed by atoms with Crippen LogP contribution in [0.4, 0.5) is 5.13 Å². The van der Waals surface area contributed by atoms with E-state index in [2.05, 4.69) is 21.8 Å². The number of hydrogen-bond donors (Lipinski definition) is 2. The topological polar surface area (TPSA) is 98.1 Å². The second kappa shape index (κ2) is 7.32.